The summed E-state index contributed by atoms with van der Waals surface area (Å²) in [6, 6.07) is 4.97. The number of nitrogens with one attached hydrogen (secondary N) is 1. The molecule has 0 bridgehead atoms. The first-order valence-electron chi connectivity index (χ1n) is 6.46. The first kappa shape index (κ1) is 13.6. The van der Waals surface area contributed by atoms with Crippen molar-refractivity contribution in [2.75, 3.05) is 12.4 Å². The second-order valence-electron chi connectivity index (χ2n) is 4.84. The number of rotatable bonds is 4. The molecule has 104 valence electrons. The van der Waals surface area contributed by atoms with Gasteiger partial charge in [0.2, 0.25) is 0 Å². The van der Waals surface area contributed by atoms with Crippen LogP contribution in [0.3, 0.4) is 0 Å². The Morgan fingerprint density at radius 3 is 2.79 bits per heavy atom. The molecule has 2 unspecified atom stereocenters. The number of nitrogens with zero attached hydrogens (tertiary/aromatic N) is 1. The number of nitrogens with two attached hydrogens (primary N) is 1. The second-order valence-corrected chi connectivity index (χ2v) is 4.84. The smallest absolute Gasteiger partial charge is 0.296 e. The van der Waals surface area contributed by atoms with Gasteiger partial charge in [-0.3, -0.25) is 10.1 Å². The molecule has 0 saturated heterocycles. The van der Waals surface area contributed by atoms with Gasteiger partial charge in [-0.2, -0.15) is 0 Å². The molecule has 19 heavy (non-hydrogen) atoms. The van der Waals surface area contributed by atoms with Gasteiger partial charge in [0.1, 0.15) is 11.4 Å². The van der Waals surface area contributed by atoms with Gasteiger partial charge in [-0.25, -0.2) is 0 Å². The van der Waals surface area contributed by atoms with E-state index in [1.54, 1.807) is 12.1 Å². The van der Waals surface area contributed by atoms with Crippen LogP contribution < -0.4 is 15.8 Å². The quantitative estimate of drug-likeness (QED) is 0.644. The number of nitro groups is 1. The highest BCUT2D eigenvalue weighted by atomic mass is 16.6. The Labute approximate surface area is 112 Å². The van der Waals surface area contributed by atoms with Gasteiger partial charge in [0.05, 0.1) is 18.1 Å². The third kappa shape index (κ3) is 3.14. The largest absolute Gasteiger partial charge is 0.496 e. The molecule has 0 amide bonds. The summed E-state index contributed by atoms with van der Waals surface area (Å²) >= 11 is 0. The van der Waals surface area contributed by atoms with Crippen molar-refractivity contribution in [3.8, 4) is 5.75 Å². The third-order valence-electron chi connectivity index (χ3n) is 3.56. The summed E-state index contributed by atoms with van der Waals surface area (Å²) in [5.74, 6) is 0.477. The predicted molar refractivity (Wildman–Crippen MR) is 73.5 cm³/mol. The summed E-state index contributed by atoms with van der Waals surface area (Å²) in [6.07, 6.45) is 4.14. The van der Waals surface area contributed by atoms with E-state index in [2.05, 4.69) is 5.32 Å². The Kier molecular flexibility index (Phi) is 4.21. The van der Waals surface area contributed by atoms with E-state index < -0.39 is 4.92 Å². The van der Waals surface area contributed by atoms with Crippen LogP contribution in [0, 0.1) is 10.1 Å². The van der Waals surface area contributed by atoms with E-state index in [1.807, 2.05) is 0 Å². The molecule has 6 nitrogen and oxygen atoms in total. The summed E-state index contributed by atoms with van der Waals surface area (Å²) in [4.78, 5) is 10.7. The minimum absolute atomic E-state index is 0.0251. The molecule has 1 aromatic carbocycles. The first-order valence-corrected chi connectivity index (χ1v) is 6.46. The minimum Gasteiger partial charge on any atom is -0.496 e. The lowest BCUT2D eigenvalue weighted by atomic mass is 9.91. The maximum Gasteiger partial charge on any atom is 0.296 e. The van der Waals surface area contributed by atoms with Crippen molar-refractivity contribution in [3.05, 3.63) is 28.3 Å². The van der Waals surface area contributed by atoms with Crippen LogP contribution in [0.5, 0.6) is 5.75 Å². The Bertz CT molecular complexity index is 464. The zero-order valence-electron chi connectivity index (χ0n) is 11.0. The van der Waals surface area contributed by atoms with Gasteiger partial charge in [-0.15, -0.1) is 0 Å². The molecule has 1 aromatic rings. The lowest BCUT2D eigenvalue weighted by molar-refractivity contribution is -0.384. The van der Waals surface area contributed by atoms with Gasteiger partial charge in [-0.05, 0) is 25.0 Å². The third-order valence-corrected chi connectivity index (χ3v) is 3.56. The van der Waals surface area contributed by atoms with Crippen molar-refractivity contribution >= 4 is 11.4 Å². The normalized spacial score (nSPS) is 22.8. The molecule has 6 heteroatoms. The lowest BCUT2D eigenvalue weighted by Crippen LogP contribution is -2.42. The van der Waals surface area contributed by atoms with Crippen LogP contribution in [0.1, 0.15) is 25.7 Å². The molecular weight excluding hydrogens is 246 g/mol. The van der Waals surface area contributed by atoms with Crippen molar-refractivity contribution < 1.29 is 9.66 Å². The van der Waals surface area contributed by atoms with Gasteiger partial charge in [0.25, 0.3) is 5.69 Å². The summed E-state index contributed by atoms with van der Waals surface area (Å²) < 4.78 is 5.01. The standard InChI is InChI=1S/C13H19N3O3/c1-19-9-6-7-12(13(8-9)16(17)18)15-11-5-3-2-4-10(11)14/h6-8,10-11,15H,2-5,14H2,1H3. The number of hydrogen-bond acceptors (Lipinski definition) is 5. The molecule has 2 atom stereocenters. The molecule has 1 aliphatic rings. The zero-order valence-corrected chi connectivity index (χ0v) is 11.0. The number of nitro benzene ring substituents is 1. The Hall–Kier alpha value is -1.82. The molecule has 0 heterocycles. The van der Waals surface area contributed by atoms with Crippen LogP contribution in [0.4, 0.5) is 11.4 Å². The van der Waals surface area contributed by atoms with E-state index in [-0.39, 0.29) is 17.8 Å². The van der Waals surface area contributed by atoms with Crippen LogP contribution >= 0.6 is 0 Å². The number of ether oxygens (including phenoxy) is 1. The molecule has 0 radical (unpaired) electrons. The Morgan fingerprint density at radius 2 is 2.16 bits per heavy atom. The maximum atomic E-state index is 11.1. The number of benzene rings is 1. The highest BCUT2D eigenvalue weighted by Gasteiger charge is 2.24. The lowest BCUT2D eigenvalue weighted by Gasteiger charge is -2.30. The highest BCUT2D eigenvalue weighted by molar-refractivity contribution is 5.64. The van der Waals surface area contributed by atoms with E-state index in [0.29, 0.717) is 11.4 Å². The monoisotopic (exact) mass is 265 g/mol. The molecule has 0 aromatic heterocycles. The second kappa shape index (κ2) is 5.88. The molecule has 3 N–H and O–H groups in total. The van der Waals surface area contributed by atoms with Crippen LogP contribution in [0.15, 0.2) is 18.2 Å². The zero-order chi connectivity index (χ0) is 13.8. The van der Waals surface area contributed by atoms with E-state index in [1.165, 1.54) is 13.2 Å². The number of methoxy groups -OCH3 is 1. The van der Waals surface area contributed by atoms with E-state index in [4.69, 9.17) is 10.5 Å². The van der Waals surface area contributed by atoms with E-state index in [9.17, 15) is 10.1 Å². The van der Waals surface area contributed by atoms with Gasteiger partial charge < -0.3 is 15.8 Å². The van der Waals surface area contributed by atoms with Crippen molar-refractivity contribution in [3.63, 3.8) is 0 Å². The molecule has 0 aliphatic heterocycles. The van der Waals surface area contributed by atoms with E-state index in [0.717, 1.165) is 25.7 Å². The van der Waals surface area contributed by atoms with Crippen molar-refractivity contribution in [1.29, 1.82) is 0 Å². The average molecular weight is 265 g/mol. The molecular formula is C13H19N3O3. The Balaban J connectivity index is 2.21. The Morgan fingerprint density at radius 1 is 1.42 bits per heavy atom. The van der Waals surface area contributed by atoms with Crippen LogP contribution in [-0.2, 0) is 0 Å². The predicted octanol–water partition coefficient (Wildman–Crippen LogP) is 2.29. The number of hydrogen-bond donors (Lipinski definition) is 2. The maximum absolute atomic E-state index is 11.1. The van der Waals surface area contributed by atoms with Crippen LogP contribution in [-0.4, -0.2) is 24.1 Å². The molecule has 0 spiro atoms. The highest BCUT2D eigenvalue weighted by Crippen LogP contribution is 2.31. The van der Waals surface area contributed by atoms with Crippen LogP contribution in [0.2, 0.25) is 0 Å². The van der Waals surface area contributed by atoms with Gasteiger partial charge >= 0.3 is 0 Å². The van der Waals surface area contributed by atoms with Gasteiger partial charge in [0, 0.05) is 12.1 Å². The first-order chi connectivity index (χ1) is 9.11. The minimum atomic E-state index is -0.404. The topological polar surface area (TPSA) is 90.4 Å². The SMILES string of the molecule is COc1ccc(NC2CCCCC2N)c([N+](=O)[O-])c1. The summed E-state index contributed by atoms with van der Waals surface area (Å²) in [7, 11) is 1.49. The summed E-state index contributed by atoms with van der Waals surface area (Å²) in [6.45, 7) is 0. The fourth-order valence-electron chi connectivity index (χ4n) is 2.45. The molecule has 2 rings (SSSR count). The molecule has 1 fully saturated rings. The fraction of sp³-hybridized carbons (Fsp3) is 0.538. The van der Waals surface area contributed by atoms with E-state index >= 15 is 0 Å². The average Bonchev–Trinajstić information content (AvgIpc) is 2.41. The van der Waals surface area contributed by atoms with Crippen LogP contribution in [0.25, 0.3) is 0 Å². The molecule has 1 saturated carbocycles. The van der Waals surface area contributed by atoms with Crippen molar-refractivity contribution in [1.82, 2.24) is 0 Å². The van der Waals surface area contributed by atoms with Gasteiger partial charge in [0.15, 0.2) is 0 Å². The summed E-state index contributed by atoms with van der Waals surface area (Å²) in [5, 5.41) is 14.3. The fourth-order valence-corrected chi connectivity index (χ4v) is 2.45. The number of anilines is 1. The van der Waals surface area contributed by atoms with Gasteiger partial charge in [-0.1, -0.05) is 12.8 Å². The summed E-state index contributed by atoms with van der Waals surface area (Å²) in [5.41, 5.74) is 6.58. The van der Waals surface area contributed by atoms with Crippen molar-refractivity contribution in [2.24, 2.45) is 5.73 Å². The van der Waals surface area contributed by atoms with Crippen molar-refractivity contribution in [2.45, 2.75) is 37.8 Å². The molecule has 1 aliphatic carbocycles.